The highest BCUT2D eigenvalue weighted by Crippen LogP contribution is 2.39. The van der Waals surface area contributed by atoms with E-state index >= 15 is 0 Å². The molecule has 0 aliphatic heterocycles. The molecule has 1 unspecified atom stereocenters. The molecule has 0 aromatic heterocycles. The molecule has 1 atom stereocenters. The van der Waals surface area contributed by atoms with Gasteiger partial charge in [0.1, 0.15) is 0 Å². The minimum absolute atomic E-state index is 0.0590. The van der Waals surface area contributed by atoms with Crippen LogP contribution < -0.4 is 5.32 Å². The van der Waals surface area contributed by atoms with Crippen molar-refractivity contribution in [2.45, 2.75) is 51.2 Å². The number of ether oxygens (including phenoxy) is 1. The first kappa shape index (κ1) is 13.6. The lowest BCUT2D eigenvalue weighted by Crippen LogP contribution is -2.56. The number of benzene rings is 1. The molecule has 0 spiro atoms. The van der Waals surface area contributed by atoms with Crippen molar-refractivity contribution < 1.29 is 4.74 Å². The molecule has 100 valence electrons. The number of hydrogen-bond acceptors (Lipinski definition) is 2. The number of hydrogen-bond donors (Lipinski definition) is 1. The monoisotopic (exact) mass is 247 g/mol. The van der Waals surface area contributed by atoms with Gasteiger partial charge < -0.3 is 10.1 Å². The third kappa shape index (κ3) is 2.32. The standard InChI is InChI=1S/C16H25NO/c1-12-7-5-8-13(2)14(12)11-15(17-3)16(18-4)9-6-10-16/h5,7-8,15,17H,6,9-11H2,1-4H3. The molecule has 0 amide bonds. The van der Waals surface area contributed by atoms with Gasteiger partial charge in [-0.3, -0.25) is 0 Å². The van der Waals surface area contributed by atoms with Crippen molar-refractivity contribution in [2.75, 3.05) is 14.2 Å². The summed E-state index contributed by atoms with van der Waals surface area (Å²) < 4.78 is 5.82. The molecule has 1 aliphatic rings. The molecule has 1 aliphatic carbocycles. The molecule has 1 aromatic rings. The van der Waals surface area contributed by atoms with Gasteiger partial charge in [-0.05, 0) is 63.3 Å². The quantitative estimate of drug-likeness (QED) is 0.863. The smallest absolute Gasteiger partial charge is 0.0834 e. The maximum atomic E-state index is 5.82. The van der Waals surface area contributed by atoms with E-state index in [1.807, 2.05) is 7.11 Å². The highest BCUT2D eigenvalue weighted by molar-refractivity contribution is 5.34. The summed E-state index contributed by atoms with van der Waals surface area (Å²) in [6.45, 7) is 4.41. The third-order valence-corrected chi connectivity index (χ3v) is 4.64. The van der Waals surface area contributed by atoms with Gasteiger partial charge in [0.05, 0.1) is 5.60 Å². The fourth-order valence-electron chi connectivity index (χ4n) is 3.15. The van der Waals surface area contributed by atoms with Crippen molar-refractivity contribution in [3.63, 3.8) is 0 Å². The number of rotatable bonds is 5. The third-order valence-electron chi connectivity index (χ3n) is 4.64. The minimum Gasteiger partial charge on any atom is -0.377 e. The zero-order valence-electron chi connectivity index (χ0n) is 12.0. The Kier molecular flexibility index (Phi) is 4.08. The molecule has 1 fully saturated rings. The summed E-state index contributed by atoms with van der Waals surface area (Å²) in [5.41, 5.74) is 4.31. The van der Waals surface area contributed by atoms with Crippen molar-refractivity contribution >= 4 is 0 Å². The van der Waals surface area contributed by atoms with Gasteiger partial charge >= 0.3 is 0 Å². The predicted molar refractivity (Wildman–Crippen MR) is 76.1 cm³/mol. The lowest BCUT2D eigenvalue weighted by molar-refractivity contribution is -0.0967. The van der Waals surface area contributed by atoms with Gasteiger partial charge in [-0.25, -0.2) is 0 Å². The van der Waals surface area contributed by atoms with Crippen LogP contribution in [0.25, 0.3) is 0 Å². The van der Waals surface area contributed by atoms with Gasteiger partial charge in [-0.15, -0.1) is 0 Å². The highest BCUT2D eigenvalue weighted by Gasteiger charge is 2.43. The van der Waals surface area contributed by atoms with E-state index in [1.165, 1.54) is 36.0 Å². The van der Waals surface area contributed by atoms with Crippen LogP contribution in [0.4, 0.5) is 0 Å². The van der Waals surface area contributed by atoms with Crippen LogP contribution in [0.5, 0.6) is 0 Å². The molecule has 2 heteroatoms. The van der Waals surface area contributed by atoms with Crippen LogP contribution in [0.15, 0.2) is 18.2 Å². The summed E-state index contributed by atoms with van der Waals surface area (Å²) in [5, 5.41) is 3.47. The molecule has 2 rings (SSSR count). The first-order valence-corrected chi connectivity index (χ1v) is 6.90. The summed E-state index contributed by atoms with van der Waals surface area (Å²) in [5.74, 6) is 0. The Bertz CT molecular complexity index is 384. The molecule has 1 aromatic carbocycles. The molecule has 2 nitrogen and oxygen atoms in total. The molecule has 1 saturated carbocycles. The first-order valence-electron chi connectivity index (χ1n) is 6.90. The largest absolute Gasteiger partial charge is 0.377 e. The summed E-state index contributed by atoms with van der Waals surface area (Å²) in [4.78, 5) is 0. The molecule has 18 heavy (non-hydrogen) atoms. The van der Waals surface area contributed by atoms with Crippen molar-refractivity contribution in [3.05, 3.63) is 34.9 Å². The summed E-state index contributed by atoms with van der Waals surface area (Å²) in [6, 6.07) is 6.96. The lowest BCUT2D eigenvalue weighted by atomic mass is 9.72. The van der Waals surface area contributed by atoms with E-state index in [2.05, 4.69) is 44.4 Å². The summed E-state index contributed by atoms with van der Waals surface area (Å²) in [6.07, 6.45) is 4.71. The predicted octanol–water partition coefficient (Wildman–Crippen LogP) is 3.00. The SMILES string of the molecule is CNC(Cc1c(C)cccc1C)C1(OC)CCC1. The summed E-state index contributed by atoms with van der Waals surface area (Å²) >= 11 is 0. The van der Waals surface area contributed by atoms with E-state index in [0.29, 0.717) is 6.04 Å². The fourth-order valence-corrected chi connectivity index (χ4v) is 3.15. The average Bonchev–Trinajstić information content (AvgIpc) is 2.30. The normalized spacial score (nSPS) is 19.3. The van der Waals surface area contributed by atoms with Crippen LogP contribution in [0.3, 0.4) is 0 Å². The topological polar surface area (TPSA) is 21.3 Å². The Morgan fingerprint density at radius 2 is 1.89 bits per heavy atom. The first-order chi connectivity index (χ1) is 8.63. The second-order valence-electron chi connectivity index (χ2n) is 5.54. The van der Waals surface area contributed by atoms with Gasteiger partial charge in [-0.1, -0.05) is 18.2 Å². The minimum atomic E-state index is 0.0590. The van der Waals surface area contributed by atoms with Gasteiger partial charge in [0.25, 0.3) is 0 Å². The number of methoxy groups -OCH3 is 1. The van der Waals surface area contributed by atoms with Crippen LogP contribution in [0.2, 0.25) is 0 Å². The zero-order chi connectivity index (χ0) is 13.2. The van der Waals surface area contributed by atoms with Crippen molar-refractivity contribution in [3.8, 4) is 0 Å². The van der Waals surface area contributed by atoms with E-state index in [-0.39, 0.29) is 5.60 Å². The van der Waals surface area contributed by atoms with Gasteiger partial charge in [0.2, 0.25) is 0 Å². The van der Waals surface area contributed by atoms with Crippen LogP contribution in [0, 0.1) is 13.8 Å². The van der Waals surface area contributed by atoms with Gasteiger partial charge in [-0.2, -0.15) is 0 Å². The maximum absolute atomic E-state index is 5.82. The van der Waals surface area contributed by atoms with Crippen LogP contribution in [-0.4, -0.2) is 25.8 Å². The van der Waals surface area contributed by atoms with Crippen LogP contribution in [0.1, 0.15) is 36.0 Å². The highest BCUT2D eigenvalue weighted by atomic mass is 16.5. The number of nitrogens with one attached hydrogen (secondary N) is 1. The van der Waals surface area contributed by atoms with E-state index in [4.69, 9.17) is 4.74 Å². The van der Waals surface area contributed by atoms with E-state index in [9.17, 15) is 0 Å². The van der Waals surface area contributed by atoms with Crippen LogP contribution in [-0.2, 0) is 11.2 Å². The lowest BCUT2D eigenvalue weighted by Gasteiger charge is -2.46. The number of likely N-dealkylation sites (N-methyl/N-ethyl adjacent to an activating group) is 1. The Hall–Kier alpha value is -0.860. The zero-order valence-corrected chi connectivity index (χ0v) is 12.0. The van der Waals surface area contributed by atoms with E-state index in [0.717, 1.165) is 6.42 Å². The van der Waals surface area contributed by atoms with E-state index in [1.54, 1.807) is 0 Å². The Morgan fingerprint density at radius 1 is 1.28 bits per heavy atom. The fraction of sp³-hybridized carbons (Fsp3) is 0.625. The Balaban J connectivity index is 2.20. The van der Waals surface area contributed by atoms with Gasteiger partial charge in [0, 0.05) is 13.2 Å². The molecule has 0 saturated heterocycles. The Morgan fingerprint density at radius 3 is 2.28 bits per heavy atom. The van der Waals surface area contributed by atoms with Crippen LogP contribution >= 0.6 is 0 Å². The van der Waals surface area contributed by atoms with Crippen molar-refractivity contribution in [2.24, 2.45) is 0 Å². The molecular formula is C16H25NO. The molecule has 0 bridgehead atoms. The maximum Gasteiger partial charge on any atom is 0.0834 e. The van der Waals surface area contributed by atoms with E-state index < -0.39 is 0 Å². The second kappa shape index (κ2) is 5.41. The second-order valence-corrected chi connectivity index (χ2v) is 5.54. The average molecular weight is 247 g/mol. The number of aryl methyl sites for hydroxylation is 2. The molecule has 0 heterocycles. The van der Waals surface area contributed by atoms with Crippen molar-refractivity contribution in [1.82, 2.24) is 5.32 Å². The van der Waals surface area contributed by atoms with Gasteiger partial charge in [0.15, 0.2) is 0 Å². The summed E-state index contributed by atoms with van der Waals surface area (Å²) in [7, 11) is 3.91. The van der Waals surface area contributed by atoms with Crippen molar-refractivity contribution in [1.29, 1.82) is 0 Å². The Labute approximate surface area is 111 Å². The molecule has 0 radical (unpaired) electrons. The molecular weight excluding hydrogens is 222 g/mol. The molecule has 1 N–H and O–H groups in total.